The van der Waals surface area contributed by atoms with Gasteiger partial charge >= 0.3 is 0 Å². The second kappa shape index (κ2) is 10.6. The molecule has 8 aromatic rings. The van der Waals surface area contributed by atoms with E-state index in [0.717, 1.165) is 17.6 Å². The van der Waals surface area contributed by atoms with Gasteiger partial charge in [-0.1, -0.05) is 111 Å². The molecule has 0 saturated carbocycles. The lowest BCUT2D eigenvalue weighted by molar-refractivity contribution is 0.436. The van der Waals surface area contributed by atoms with Crippen LogP contribution in [0, 0.1) is 11.8 Å². The Morgan fingerprint density at radius 2 is 1.43 bits per heavy atom. The molecular weight excluding hydrogens is 643 g/mol. The van der Waals surface area contributed by atoms with Crippen molar-refractivity contribution in [2.75, 3.05) is 0 Å². The lowest BCUT2D eigenvalue weighted by Crippen LogP contribution is -2.40. The van der Waals surface area contributed by atoms with E-state index in [1.165, 1.54) is 101 Å². The van der Waals surface area contributed by atoms with Crippen molar-refractivity contribution in [1.82, 2.24) is 4.57 Å². The van der Waals surface area contributed by atoms with Gasteiger partial charge in [0.25, 0.3) is 0 Å². The largest absolute Gasteiger partial charge is 0.456 e. The van der Waals surface area contributed by atoms with Gasteiger partial charge in [-0.25, -0.2) is 0 Å². The minimum atomic E-state index is -0.224. The van der Waals surface area contributed by atoms with Gasteiger partial charge in [0.15, 0.2) is 0 Å². The second-order valence-electron chi connectivity index (χ2n) is 16.3. The van der Waals surface area contributed by atoms with Gasteiger partial charge in [-0.2, -0.15) is 0 Å². The molecule has 254 valence electrons. The van der Waals surface area contributed by atoms with Crippen LogP contribution in [0.5, 0.6) is 0 Å². The van der Waals surface area contributed by atoms with Crippen LogP contribution in [-0.4, -0.2) is 4.57 Å². The zero-order chi connectivity index (χ0) is 35.0. The smallest absolute Gasteiger partial charge is 0.140 e. The Bertz CT molecular complexity index is 3100. The predicted octanol–water partition coefficient (Wildman–Crippen LogP) is 11.8. The summed E-state index contributed by atoms with van der Waals surface area (Å²) < 4.78 is 9.15. The average Bonchev–Trinajstić information content (AvgIpc) is 3.82. The fraction of sp³-hybridized carbons (Fsp3) is 0.176. The number of allylic oxidation sites excluding steroid dienone is 4. The average molecular weight is 682 g/mol. The van der Waals surface area contributed by atoms with E-state index in [1.807, 2.05) is 0 Å². The molecule has 2 heteroatoms. The summed E-state index contributed by atoms with van der Waals surface area (Å²) in [7, 11) is 0. The van der Waals surface area contributed by atoms with Gasteiger partial charge in [0.2, 0.25) is 0 Å². The number of furan rings is 1. The third-order valence-electron chi connectivity index (χ3n) is 13.3. The number of benzene rings is 6. The molecule has 53 heavy (non-hydrogen) atoms. The van der Waals surface area contributed by atoms with Gasteiger partial charge < -0.3 is 8.98 Å². The lowest BCUT2D eigenvalue weighted by atomic mass is 9.67. The van der Waals surface area contributed by atoms with Gasteiger partial charge in [0.1, 0.15) is 11.2 Å². The summed E-state index contributed by atoms with van der Waals surface area (Å²) >= 11 is 0. The van der Waals surface area contributed by atoms with Gasteiger partial charge in [0.05, 0.1) is 11.0 Å². The van der Waals surface area contributed by atoms with Crippen LogP contribution in [0.15, 0.2) is 144 Å². The zero-order valence-electron chi connectivity index (χ0n) is 30.1. The fourth-order valence-electron chi connectivity index (χ4n) is 10.9. The van der Waals surface area contributed by atoms with E-state index < -0.39 is 0 Å². The SMILES string of the molecule is CC1(C)c2cc3c(cc2-c2ccc4c(oc5ccccc54)c21)c1ccccc1n3-c1cccc(C2=CC3=c4ccccc4=C4C=CCCC4C3CC2)c1. The third-order valence-corrected chi connectivity index (χ3v) is 13.3. The van der Waals surface area contributed by atoms with Crippen molar-refractivity contribution in [3.8, 4) is 16.8 Å². The molecular formula is C51H39NO. The normalized spacial score (nSPS) is 19.7. The molecule has 4 aliphatic rings. The molecule has 0 aliphatic heterocycles. The van der Waals surface area contributed by atoms with Crippen molar-refractivity contribution < 1.29 is 4.42 Å². The molecule has 0 amide bonds. The fourth-order valence-corrected chi connectivity index (χ4v) is 10.9. The van der Waals surface area contributed by atoms with E-state index in [-0.39, 0.29) is 5.41 Å². The standard InChI is InChI=1S/C51H39NO/c1-51(2)45-29-47-44(28-43(45)40-24-25-41-39-19-8-10-21-48(39)53-50(41)49(40)51)38-18-7-9-20-46(38)52(47)32-13-11-12-30(26-32)31-22-23-37-35-16-4-3-14-33(35)34-15-5-6-17-36(34)42(37)27-31/h3,5-15,17-21,24-29,35,37H,4,16,22-23H2,1-2H3. The minimum absolute atomic E-state index is 0.224. The molecule has 2 nitrogen and oxygen atoms in total. The molecule has 2 heterocycles. The summed E-state index contributed by atoms with van der Waals surface area (Å²) in [6.07, 6.45) is 12.1. The second-order valence-corrected chi connectivity index (χ2v) is 16.3. The Labute approximate surface area is 308 Å². The molecule has 0 spiro atoms. The first kappa shape index (κ1) is 29.7. The van der Waals surface area contributed by atoms with Crippen molar-refractivity contribution in [1.29, 1.82) is 0 Å². The summed E-state index contributed by atoms with van der Waals surface area (Å²) in [6, 6.07) is 45.4. The zero-order valence-corrected chi connectivity index (χ0v) is 30.1. The van der Waals surface area contributed by atoms with Crippen molar-refractivity contribution in [2.45, 2.75) is 44.9 Å². The number of nitrogens with zero attached hydrogens (tertiary/aromatic N) is 1. The monoisotopic (exact) mass is 681 g/mol. The lowest BCUT2D eigenvalue weighted by Gasteiger charge is -2.37. The molecule has 0 saturated heterocycles. The van der Waals surface area contributed by atoms with Crippen LogP contribution in [-0.2, 0) is 5.41 Å². The third kappa shape index (κ3) is 3.99. The molecule has 2 aromatic heterocycles. The molecule has 4 aliphatic carbocycles. The van der Waals surface area contributed by atoms with Crippen LogP contribution >= 0.6 is 0 Å². The molecule has 2 unspecified atom stereocenters. The first-order valence-electron chi connectivity index (χ1n) is 19.4. The maximum absolute atomic E-state index is 6.64. The van der Waals surface area contributed by atoms with Gasteiger partial charge in [-0.05, 0) is 129 Å². The van der Waals surface area contributed by atoms with Crippen LogP contribution in [0.3, 0.4) is 0 Å². The number of aromatic nitrogens is 1. The summed E-state index contributed by atoms with van der Waals surface area (Å²) in [5, 5.41) is 7.83. The van der Waals surface area contributed by atoms with E-state index in [0.29, 0.717) is 11.8 Å². The molecule has 0 bridgehead atoms. The van der Waals surface area contributed by atoms with E-state index >= 15 is 0 Å². The van der Waals surface area contributed by atoms with Crippen LogP contribution in [0.25, 0.3) is 77.3 Å². The van der Waals surface area contributed by atoms with Crippen LogP contribution in [0.4, 0.5) is 0 Å². The Morgan fingerprint density at radius 1 is 0.642 bits per heavy atom. The Balaban J connectivity index is 1.04. The highest BCUT2D eigenvalue weighted by Crippen LogP contribution is 2.54. The molecule has 2 atom stereocenters. The van der Waals surface area contributed by atoms with Crippen molar-refractivity contribution in [3.63, 3.8) is 0 Å². The first-order valence-corrected chi connectivity index (χ1v) is 19.4. The highest BCUT2D eigenvalue weighted by molar-refractivity contribution is 6.14. The van der Waals surface area contributed by atoms with Crippen LogP contribution in [0.1, 0.15) is 56.2 Å². The van der Waals surface area contributed by atoms with E-state index in [1.54, 1.807) is 11.1 Å². The topological polar surface area (TPSA) is 18.1 Å². The maximum atomic E-state index is 6.64. The molecule has 0 radical (unpaired) electrons. The van der Waals surface area contributed by atoms with E-state index in [9.17, 15) is 0 Å². The molecule has 0 fully saturated rings. The van der Waals surface area contributed by atoms with Gasteiger partial charge in [0, 0.05) is 38.2 Å². The van der Waals surface area contributed by atoms with E-state index in [2.05, 4.69) is 158 Å². The molecule has 6 aromatic carbocycles. The van der Waals surface area contributed by atoms with Crippen molar-refractivity contribution in [3.05, 3.63) is 167 Å². The number of fused-ring (bicyclic) bond motifs is 14. The Morgan fingerprint density at radius 3 is 2.34 bits per heavy atom. The van der Waals surface area contributed by atoms with Crippen LogP contribution in [0.2, 0.25) is 0 Å². The number of rotatable bonds is 2. The van der Waals surface area contributed by atoms with Gasteiger partial charge in [-0.15, -0.1) is 0 Å². The number of para-hydroxylation sites is 2. The summed E-state index contributed by atoms with van der Waals surface area (Å²) in [5.74, 6) is 1.23. The van der Waals surface area contributed by atoms with Crippen molar-refractivity contribution >= 4 is 60.5 Å². The number of hydrogen-bond donors (Lipinski definition) is 0. The predicted molar refractivity (Wildman–Crippen MR) is 221 cm³/mol. The van der Waals surface area contributed by atoms with Gasteiger partial charge in [-0.3, -0.25) is 0 Å². The summed E-state index contributed by atoms with van der Waals surface area (Å²) in [4.78, 5) is 0. The minimum Gasteiger partial charge on any atom is -0.456 e. The quantitative estimate of drug-likeness (QED) is 0.178. The van der Waals surface area contributed by atoms with E-state index in [4.69, 9.17) is 4.42 Å². The molecule has 0 N–H and O–H groups in total. The van der Waals surface area contributed by atoms with Crippen molar-refractivity contribution in [2.24, 2.45) is 11.8 Å². The number of hydrogen-bond acceptors (Lipinski definition) is 1. The Hall–Kier alpha value is -5.86. The summed E-state index contributed by atoms with van der Waals surface area (Å²) in [6.45, 7) is 4.75. The highest BCUT2D eigenvalue weighted by atomic mass is 16.3. The highest BCUT2D eigenvalue weighted by Gasteiger charge is 2.40. The summed E-state index contributed by atoms with van der Waals surface area (Å²) in [5.41, 5.74) is 16.6. The Kier molecular flexibility index (Phi) is 5.94. The van der Waals surface area contributed by atoms with Crippen LogP contribution < -0.4 is 10.4 Å². The maximum Gasteiger partial charge on any atom is 0.140 e. The first-order chi connectivity index (χ1) is 26.0. The molecule has 12 rings (SSSR count).